The average Bonchev–Trinajstić information content (AvgIpc) is 3.57. The normalized spacial score (nSPS) is 13.4. The van der Waals surface area contributed by atoms with Crippen LogP contribution in [-0.2, 0) is 63.5 Å². The van der Waals surface area contributed by atoms with Crippen LogP contribution >= 0.6 is 0 Å². The van der Waals surface area contributed by atoms with Gasteiger partial charge in [0, 0.05) is 17.8 Å². The molecule has 3 amide bonds. The van der Waals surface area contributed by atoms with E-state index in [0.717, 1.165) is 18.8 Å². The summed E-state index contributed by atoms with van der Waals surface area (Å²) in [6.45, 7) is 13.0. The summed E-state index contributed by atoms with van der Waals surface area (Å²) in [6.07, 6.45) is 4.11. The summed E-state index contributed by atoms with van der Waals surface area (Å²) in [4.78, 5) is 42.9. The van der Waals surface area contributed by atoms with Gasteiger partial charge in [-0.05, 0) is 12.8 Å². The van der Waals surface area contributed by atoms with E-state index < -0.39 is 69.8 Å². The maximum Gasteiger partial charge on any atom is 0.324 e. The zero-order chi connectivity index (χ0) is 34.4. The monoisotopic (exact) mass is 687 g/mol. The SMILES string of the molecule is CC(C)C(=O)NS(=O)(=O)C1CC1.CC(C)C(=O)NS(C)(=O)=O.CC(C)C(=O)NS(C)(=O)=O.CC(C)C(=O)OS(C)(=O)=O. The molecule has 0 spiro atoms. The minimum Gasteiger partial charge on any atom is -0.346 e. The molecule has 1 rings (SSSR count). The van der Waals surface area contributed by atoms with E-state index in [2.05, 4.69) is 8.91 Å². The van der Waals surface area contributed by atoms with E-state index in [1.54, 1.807) is 55.4 Å². The van der Waals surface area contributed by atoms with E-state index in [1.165, 1.54) is 0 Å². The molecule has 0 aromatic heterocycles. The number of rotatable bonds is 9. The summed E-state index contributed by atoms with van der Waals surface area (Å²) >= 11 is 0. The van der Waals surface area contributed by atoms with Gasteiger partial charge in [0.1, 0.15) is 0 Å². The lowest BCUT2D eigenvalue weighted by atomic mass is 10.2. The van der Waals surface area contributed by atoms with E-state index >= 15 is 0 Å². The quantitative estimate of drug-likeness (QED) is 0.267. The molecule has 0 bridgehead atoms. The van der Waals surface area contributed by atoms with Gasteiger partial charge >= 0.3 is 16.1 Å². The first-order valence-electron chi connectivity index (χ1n) is 12.4. The van der Waals surface area contributed by atoms with E-state index in [4.69, 9.17) is 0 Å². The van der Waals surface area contributed by atoms with Crippen LogP contribution in [0.4, 0.5) is 0 Å². The van der Waals surface area contributed by atoms with Crippen molar-refractivity contribution in [3.05, 3.63) is 0 Å². The predicted molar refractivity (Wildman–Crippen MR) is 156 cm³/mol. The van der Waals surface area contributed by atoms with Gasteiger partial charge in [-0.1, -0.05) is 55.4 Å². The summed E-state index contributed by atoms with van der Waals surface area (Å²) in [5, 5.41) is -0.319. The molecule has 0 aromatic carbocycles. The largest absolute Gasteiger partial charge is 0.346 e. The number of sulfonamides is 3. The minimum absolute atomic E-state index is 0.279. The number of hydrogen-bond donors (Lipinski definition) is 3. The highest BCUT2D eigenvalue weighted by Crippen LogP contribution is 2.27. The van der Waals surface area contributed by atoms with Crippen LogP contribution in [0.5, 0.6) is 0 Å². The van der Waals surface area contributed by atoms with Crippen molar-refractivity contribution in [2.45, 2.75) is 73.5 Å². The fraction of sp³-hybridized carbons (Fsp3) is 0.818. The molecule has 0 unspecified atom stereocenters. The number of hydrogen-bond acceptors (Lipinski definition) is 13. The summed E-state index contributed by atoms with van der Waals surface area (Å²) in [5.74, 6) is -3.35. The molecule has 0 radical (unpaired) electrons. The van der Waals surface area contributed by atoms with Gasteiger partial charge in [-0.15, -0.1) is 0 Å². The highest BCUT2D eigenvalue weighted by atomic mass is 32.2. The summed E-state index contributed by atoms with van der Waals surface area (Å²) in [7, 11) is -13.7. The van der Waals surface area contributed by atoms with Gasteiger partial charge in [-0.3, -0.25) is 33.3 Å². The van der Waals surface area contributed by atoms with Crippen LogP contribution < -0.4 is 14.2 Å². The minimum atomic E-state index is -3.62. The molecule has 250 valence electrons. The molecule has 1 aliphatic carbocycles. The second-order valence-corrected chi connectivity index (χ2v) is 17.4. The maximum atomic E-state index is 11.2. The molecule has 1 saturated carbocycles. The van der Waals surface area contributed by atoms with Crippen LogP contribution in [-0.4, -0.2) is 81.4 Å². The van der Waals surface area contributed by atoms with Crippen molar-refractivity contribution >= 4 is 63.9 Å². The Labute approximate surface area is 250 Å². The van der Waals surface area contributed by atoms with Gasteiger partial charge in [-0.2, -0.15) is 8.42 Å². The molecular formula is C22H45N3O13S4. The van der Waals surface area contributed by atoms with Crippen molar-refractivity contribution in [1.82, 2.24) is 14.2 Å². The molecule has 3 N–H and O–H groups in total. The first kappa shape index (κ1) is 44.1. The Kier molecular flexibility index (Phi) is 19.3. The van der Waals surface area contributed by atoms with E-state index in [0.29, 0.717) is 12.8 Å². The molecule has 0 aliphatic heterocycles. The van der Waals surface area contributed by atoms with Gasteiger partial charge in [0.05, 0.1) is 29.9 Å². The first-order chi connectivity index (χ1) is 18.4. The van der Waals surface area contributed by atoms with Crippen LogP contribution in [0.25, 0.3) is 0 Å². The topological polar surface area (TPSA) is 250 Å². The summed E-state index contributed by atoms with van der Waals surface area (Å²) in [6, 6.07) is 0. The summed E-state index contributed by atoms with van der Waals surface area (Å²) < 4.78 is 94.4. The van der Waals surface area contributed by atoms with Crippen molar-refractivity contribution < 1.29 is 57.0 Å². The molecular weight excluding hydrogens is 643 g/mol. The van der Waals surface area contributed by atoms with Crippen molar-refractivity contribution in [2.24, 2.45) is 23.7 Å². The van der Waals surface area contributed by atoms with Gasteiger partial charge in [-0.25, -0.2) is 25.3 Å². The smallest absolute Gasteiger partial charge is 0.324 e. The Morgan fingerprint density at radius 2 is 0.833 bits per heavy atom. The molecule has 0 aromatic rings. The molecule has 1 aliphatic rings. The Bertz CT molecular complexity index is 1230. The van der Waals surface area contributed by atoms with Gasteiger partial charge in [0.2, 0.25) is 47.8 Å². The average molecular weight is 688 g/mol. The zero-order valence-electron chi connectivity index (χ0n) is 25.7. The third-order valence-electron chi connectivity index (χ3n) is 4.06. The Morgan fingerprint density at radius 1 is 0.548 bits per heavy atom. The van der Waals surface area contributed by atoms with Gasteiger partial charge < -0.3 is 4.18 Å². The third-order valence-corrected chi connectivity index (χ3v) is 7.50. The summed E-state index contributed by atoms with van der Waals surface area (Å²) in [5.41, 5.74) is 0. The molecule has 0 saturated heterocycles. The Morgan fingerprint density at radius 3 is 0.976 bits per heavy atom. The van der Waals surface area contributed by atoms with Gasteiger partial charge in [0.15, 0.2) is 0 Å². The van der Waals surface area contributed by atoms with Crippen LogP contribution in [0, 0.1) is 23.7 Å². The van der Waals surface area contributed by atoms with E-state index in [-0.39, 0.29) is 23.0 Å². The number of nitrogens with one attached hydrogen (secondary N) is 3. The van der Waals surface area contributed by atoms with Crippen molar-refractivity contribution in [2.75, 3.05) is 18.8 Å². The highest BCUT2D eigenvalue weighted by molar-refractivity contribution is 7.91. The predicted octanol–water partition coefficient (Wildman–Crippen LogP) is -0.168. The number of carbonyl (C=O) groups excluding carboxylic acids is 4. The molecule has 1 fully saturated rings. The second-order valence-electron chi connectivity index (χ2n) is 10.4. The van der Waals surface area contributed by atoms with Crippen LogP contribution in [0.15, 0.2) is 0 Å². The number of carbonyl (C=O) groups is 4. The van der Waals surface area contributed by atoms with Crippen LogP contribution in [0.3, 0.4) is 0 Å². The lowest BCUT2D eigenvalue weighted by Crippen LogP contribution is -2.35. The third kappa shape index (κ3) is 27.8. The van der Waals surface area contributed by atoms with E-state index in [1.807, 2.05) is 9.44 Å². The molecule has 16 nitrogen and oxygen atoms in total. The lowest BCUT2D eigenvalue weighted by Gasteiger charge is -2.06. The van der Waals surface area contributed by atoms with Crippen LogP contribution in [0.2, 0.25) is 0 Å². The van der Waals surface area contributed by atoms with Crippen molar-refractivity contribution in [3.63, 3.8) is 0 Å². The lowest BCUT2D eigenvalue weighted by molar-refractivity contribution is -0.137. The van der Waals surface area contributed by atoms with E-state index in [9.17, 15) is 52.8 Å². The Hall–Kier alpha value is -2.32. The fourth-order valence-electron chi connectivity index (χ4n) is 1.57. The fourth-order valence-corrected chi connectivity index (χ4v) is 4.70. The maximum absolute atomic E-state index is 11.2. The molecule has 20 heteroatoms. The van der Waals surface area contributed by atoms with Gasteiger partial charge in [0.25, 0.3) is 0 Å². The van der Waals surface area contributed by atoms with Crippen LogP contribution in [0.1, 0.15) is 68.2 Å². The molecule has 0 atom stereocenters. The highest BCUT2D eigenvalue weighted by Gasteiger charge is 2.37. The molecule has 0 heterocycles. The van der Waals surface area contributed by atoms with Crippen molar-refractivity contribution in [1.29, 1.82) is 0 Å². The number of amides is 3. The van der Waals surface area contributed by atoms with Crippen molar-refractivity contribution in [3.8, 4) is 0 Å². The first-order valence-corrected chi connectivity index (χ1v) is 19.6. The second kappa shape index (κ2) is 18.4. The Balaban J connectivity index is -0.000000485. The molecule has 42 heavy (non-hydrogen) atoms. The zero-order valence-corrected chi connectivity index (χ0v) is 29.0. The standard InChI is InChI=1S/C7H13NO3S.2C5H11NO3S.C5H10O4S/c1-5(2)7(9)8-12(10,11)6-3-4-6;2*1-4(2)5(7)6-10(3,8)9;1-4(2)5(6)9-10(3,7)8/h5-6H,3-4H2,1-2H3,(H,8,9);2*4H,1-3H3,(H,6,7);4H,1-3H3.